The first-order chi connectivity index (χ1) is 12.3. The van der Waals surface area contributed by atoms with Crippen LogP contribution in [0.15, 0.2) is 34.9 Å². The van der Waals surface area contributed by atoms with Crippen molar-refractivity contribution in [3.05, 3.63) is 34.9 Å². The van der Waals surface area contributed by atoms with Gasteiger partial charge in [-0.2, -0.15) is 0 Å². The molecular weight excluding hydrogens is 330 g/mol. The minimum atomic E-state index is -1.15. The van der Waals surface area contributed by atoms with Crippen molar-refractivity contribution in [2.75, 3.05) is 6.54 Å². The van der Waals surface area contributed by atoms with Gasteiger partial charge in [0.05, 0.1) is 11.8 Å². The Labute approximate surface area is 155 Å². The van der Waals surface area contributed by atoms with E-state index in [-0.39, 0.29) is 23.7 Å². The fourth-order valence-electron chi connectivity index (χ4n) is 3.70. The number of likely N-dealkylation sites (tertiary alicyclic amines) is 1. The molecule has 1 N–H and O–H groups in total. The molecule has 26 heavy (non-hydrogen) atoms. The van der Waals surface area contributed by atoms with Crippen LogP contribution in [0.5, 0.6) is 0 Å². The molecule has 0 aromatic rings. The van der Waals surface area contributed by atoms with Crippen molar-refractivity contribution in [1.29, 1.82) is 0 Å². The minimum absolute atomic E-state index is 0.318. The van der Waals surface area contributed by atoms with Crippen LogP contribution in [0, 0.1) is 11.8 Å². The van der Waals surface area contributed by atoms with E-state index < -0.39 is 12.5 Å². The molecule has 2 rings (SSSR count). The molecule has 0 aromatic carbocycles. The topological polar surface area (TPSA) is 74.7 Å². The highest BCUT2D eigenvalue weighted by Crippen LogP contribution is 2.38. The van der Waals surface area contributed by atoms with Gasteiger partial charge in [0.15, 0.2) is 0 Å². The molecular formula is C21H29NO4. The first-order valence-electron chi connectivity index (χ1n) is 9.33. The van der Waals surface area contributed by atoms with E-state index in [2.05, 4.69) is 39.0 Å². The lowest BCUT2D eigenvalue weighted by molar-refractivity contribution is -0.149. The molecule has 1 aliphatic heterocycles. The van der Waals surface area contributed by atoms with Gasteiger partial charge in [0.2, 0.25) is 11.8 Å². The predicted molar refractivity (Wildman–Crippen MR) is 100 cm³/mol. The molecule has 0 saturated carbocycles. The van der Waals surface area contributed by atoms with Gasteiger partial charge in [0.25, 0.3) is 0 Å². The molecule has 142 valence electrons. The third-order valence-electron chi connectivity index (χ3n) is 5.14. The molecule has 0 radical (unpaired) electrons. The molecule has 2 unspecified atom stereocenters. The van der Waals surface area contributed by atoms with Crippen LogP contribution in [-0.2, 0) is 14.4 Å². The maximum Gasteiger partial charge on any atom is 0.323 e. The van der Waals surface area contributed by atoms with Crippen molar-refractivity contribution < 1.29 is 19.5 Å². The second kappa shape index (κ2) is 8.97. The highest BCUT2D eigenvalue weighted by Gasteiger charge is 2.48. The molecule has 2 aliphatic rings. The molecule has 0 spiro atoms. The zero-order valence-corrected chi connectivity index (χ0v) is 16.0. The van der Waals surface area contributed by atoms with Gasteiger partial charge in [-0.15, -0.1) is 0 Å². The first-order valence-corrected chi connectivity index (χ1v) is 9.33. The van der Waals surface area contributed by atoms with E-state index >= 15 is 0 Å². The van der Waals surface area contributed by atoms with Crippen molar-refractivity contribution in [3.8, 4) is 0 Å². The highest BCUT2D eigenvalue weighted by atomic mass is 16.4. The van der Waals surface area contributed by atoms with E-state index in [9.17, 15) is 14.4 Å². The number of imide groups is 1. The number of carbonyl (C=O) groups excluding carboxylic acids is 2. The molecule has 1 saturated heterocycles. The number of aliphatic carboxylic acids is 1. The Morgan fingerprint density at radius 1 is 1.15 bits per heavy atom. The number of carboxylic acids is 1. The average molecular weight is 359 g/mol. The normalized spacial score (nSPS) is 23.0. The number of hydrogen-bond donors (Lipinski definition) is 1. The number of nitrogens with zero attached hydrogens (tertiary/aromatic N) is 1. The first kappa shape index (κ1) is 20.1. The van der Waals surface area contributed by atoms with Crippen molar-refractivity contribution >= 4 is 17.8 Å². The van der Waals surface area contributed by atoms with Gasteiger partial charge in [-0.3, -0.25) is 19.3 Å². The molecule has 0 bridgehead atoms. The van der Waals surface area contributed by atoms with Crippen molar-refractivity contribution in [2.45, 2.75) is 59.3 Å². The van der Waals surface area contributed by atoms with E-state index in [1.807, 2.05) is 0 Å². The van der Waals surface area contributed by atoms with E-state index in [0.29, 0.717) is 12.8 Å². The van der Waals surface area contributed by atoms with Crippen molar-refractivity contribution in [2.24, 2.45) is 11.8 Å². The van der Waals surface area contributed by atoms with Gasteiger partial charge in [-0.1, -0.05) is 34.9 Å². The smallest absolute Gasteiger partial charge is 0.323 e. The quantitative estimate of drug-likeness (QED) is 0.527. The number of carboxylic acid groups (broad SMARTS) is 1. The Kier molecular flexibility index (Phi) is 6.95. The summed E-state index contributed by atoms with van der Waals surface area (Å²) in [7, 11) is 0. The van der Waals surface area contributed by atoms with E-state index in [1.165, 1.54) is 16.7 Å². The second-order valence-electron chi connectivity index (χ2n) is 7.58. The molecule has 5 nitrogen and oxygen atoms in total. The van der Waals surface area contributed by atoms with Crippen LogP contribution < -0.4 is 0 Å². The zero-order chi connectivity index (χ0) is 19.3. The maximum atomic E-state index is 12.4. The predicted octanol–water partition coefficient (Wildman–Crippen LogP) is 3.87. The minimum Gasteiger partial charge on any atom is -0.480 e. The van der Waals surface area contributed by atoms with Gasteiger partial charge < -0.3 is 5.11 Å². The van der Waals surface area contributed by atoms with E-state index in [1.54, 1.807) is 0 Å². The molecule has 1 heterocycles. The van der Waals surface area contributed by atoms with Gasteiger partial charge >= 0.3 is 5.97 Å². The van der Waals surface area contributed by atoms with E-state index in [0.717, 1.165) is 30.6 Å². The summed E-state index contributed by atoms with van der Waals surface area (Å²) < 4.78 is 0. The van der Waals surface area contributed by atoms with Crippen LogP contribution in [0.25, 0.3) is 0 Å². The lowest BCUT2D eigenvalue weighted by Gasteiger charge is -2.21. The van der Waals surface area contributed by atoms with Crippen LogP contribution in [0.4, 0.5) is 0 Å². The summed E-state index contributed by atoms with van der Waals surface area (Å²) in [5.74, 6) is -2.53. The number of hydrogen-bond acceptors (Lipinski definition) is 3. The maximum absolute atomic E-state index is 12.4. The monoisotopic (exact) mass is 359 g/mol. The Balaban J connectivity index is 1.86. The number of rotatable bonds is 8. The molecule has 1 fully saturated rings. The summed E-state index contributed by atoms with van der Waals surface area (Å²) in [4.78, 5) is 36.4. The van der Waals surface area contributed by atoms with Crippen LogP contribution in [-0.4, -0.2) is 34.3 Å². The van der Waals surface area contributed by atoms with Gasteiger partial charge in [0, 0.05) is 0 Å². The average Bonchev–Trinajstić information content (AvgIpc) is 2.79. The fourth-order valence-corrected chi connectivity index (χ4v) is 3.70. The zero-order valence-electron chi connectivity index (χ0n) is 16.0. The van der Waals surface area contributed by atoms with Crippen LogP contribution in [0.2, 0.25) is 0 Å². The molecule has 5 heteroatoms. The summed E-state index contributed by atoms with van der Waals surface area (Å²) in [6.45, 7) is 5.84. The second-order valence-corrected chi connectivity index (χ2v) is 7.58. The summed E-state index contributed by atoms with van der Waals surface area (Å²) in [6, 6.07) is 0. The SMILES string of the molecule is CC(C)=CCC/C(C)=C/CCC1=CCC2C(=O)N(CC(=O)O)C(=O)C2C1. The fraction of sp³-hybridized carbons (Fsp3) is 0.571. The van der Waals surface area contributed by atoms with Crippen LogP contribution in [0.3, 0.4) is 0 Å². The Bertz CT molecular complexity index is 667. The van der Waals surface area contributed by atoms with Gasteiger partial charge in [-0.05, 0) is 59.3 Å². The number of carbonyl (C=O) groups is 3. The summed E-state index contributed by atoms with van der Waals surface area (Å²) in [5.41, 5.74) is 3.92. The lowest BCUT2D eigenvalue weighted by Crippen LogP contribution is -2.35. The van der Waals surface area contributed by atoms with Gasteiger partial charge in [-0.25, -0.2) is 0 Å². The summed E-state index contributed by atoms with van der Waals surface area (Å²) >= 11 is 0. The third-order valence-corrected chi connectivity index (χ3v) is 5.14. The number of amides is 2. The van der Waals surface area contributed by atoms with Crippen LogP contribution >= 0.6 is 0 Å². The van der Waals surface area contributed by atoms with Gasteiger partial charge in [0.1, 0.15) is 6.54 Å². The molecule has 2 amide bonds. The largest absolute Gasteiger partial charge is 0.480 e. The number of allylic oxidation sites excluding steroid dienone is 6. The molecule has 1 aliphatic carbocycles. The number of fused-ring (bicyclic) bond motifs is 1. The Hall–Kier alpha value is -2.17. The standard InChI is InChI=1S/C21H29NO4/c1-14(2)6-4-7-15(3)8-5-9-16-10-11-17-18(12-16)21(26)22(20(17)25)13-19(23)24/h6,8,10,17-18H,4-5,7,9,11-13H2,1-3H3,(H,23,24)/b15-8+. The lowest BCUT2D eigenvalue weighted by atomic mass is 9.80. The third kappa shape index (κ3) is 5.16. The summed E-state index contributed by atoms with van der Waals surface area (Å²) in [5, 5.41) is 8.89. The Morgan fingerprint density at radius 3 is 2.50 bits per heavy atom. The summed E-state index contributed by atoms with van der Waals surface area (Å²) in [6.07, 6.45) is 11.6. The van der Waals surface area contributed by atoms with E-state index in [4.69, 9.17) is 5.11 Å². The van der Waals surface area contributed by atoms with Crippen molar-refractivity contribution in [3.63, 3.8) is 0 Å². The van der Waals surface area contributed by atoms with Crippen molar-refractivity contribution in [1.82, 2.24) is 4.90 Å². The highest BCUT2D eigenvalue weighted by molar-refractivity contribution is 6.07. The molecule has 0 aromatic heterocycles. The van der Waals surface area contributed by atoms with Crippen LogP contribution in [0.1, 0.15) is 59.3 Å². The molecule has 2 atom stereocenters. The Morgan fingerprint density at radius 2 is 1.85 bits per heavy atom.